The third-order valence-corrected chi connectivity index (χ3v) is 2.42. The number of amides is 1. The van der Waals surface area contributed by atoms with Crippen molar-refractivity contribution < 1.29 is 23.5 Å². The second-order valence-electron chi connectivity index (χ2n) is 3.76. The van der Waals surface area contributed by atoms with E-state index in [1.165, 1.54) is 6.07 Å². The molecule has 1 heterocycles. The molecule has 6 nitrogen and oxygen atoms in total. The predicted octanol–water partition coefficient (Wildman–Crippen LogP) is 2.24. The van der Waals surface area contributed by atoms with Crippen molar-refractivity contribution in [2.24, 2.45) is 0 Å². The van der Waals surface area contributed by atoms with E-state index >= 15 is 0 Å². The minimum atomic E-state index is -1.23. The molecule has 2 rings (SSSR count). The Hall–Kier alpha value is -3.14. The number of furan rings is 1. The first kappa shape index (κ1) is 13.3. The molecule has 0 aliphatic rings. The van der Waals surface area contributed by atoms with Gasteiger partial charge in [-0.2, -0.15) is 5.26 Å². The van der Waals surface area contributed by atoms with Crippen molar-refractivity contribution in [2.75, 3.05) is 5.32 Å². The largest absolute Gasteiger partial charge is 0.478 e. The Bertz CT molecular complexity index is 730. The van der Waals surface area contributed by atoms with Crippen molar-refractivity contribution in [2.45, 2.75) is 0 Å². The van der Waals surface area contributed by atoms with Gasteiger partial charge in [-0.1, -0.05) is 0 Å². The number of hydrogen-bond donors (Lipinski definition) is 2. The number of nitrogens with one attached hydrogen (secondary N) is 1. The lowest BCUT2D eigenvalue weighted by molar-refractivity contribution is 0.0696. The number of carboxylic acids is 1. The van der Waals surface area contributed by atoms with Gasteiger partial charge in [-0.3, -0.25) is 4.79 Å². The van der Waals surface area contributed by atoms with Crippen LogP contribution in [0.5, 0.6) is 0 Å². The number of nitriles is 1. The number of carbonyl (C=O) groups excluding carboxylic acids is 1. The van der Waals surface area contributed by atoms with Crippen LogP contribution in [0.25, 0.3) is 0 Å². The number of benzene rings is 1. The zero-order valence-electron chi connectivity index (χ0n) is 9.88. The summed E-state index contributed by atoms with van der Waals surface area (Å²) in [4.78, 5) is 22.5. The molecule has 1 amide bonds. The van der Waals surface area contributed by atoms with E-state index in [1.54, 1.807) is 6.07 Å². The molecule has 0 aliphatic heterocycles. The highest BCUT2D eigenvalue weighted by Gasteiger charge is 2.16. The normalized spacial score (nSPS) is 9.80. The Morgan fingerprint density at radius 2 is 2.10 bits per heavy atom. The highest BCUT2D eigenvalue weighted by Crippen LogP contribution is 2.18. The molecule has 0 unspecified atom stereocenters. The van der Waals surface area contributed by atoms with Gasteiger partial charge in [-0.25, -0.2) is 9.18 Å². The molecule has 2 aromatic rings. The summed E-state index contributed by atoms with van der Waals surface area (Å²) >= 11 is 0. The third-order valence-electron chi connectivity index (χ3n) is 2.42. The maximum Gasteiger partial charge on any atom is 0.338 e. The fourth-order valence-electron chi connectivity index (χ4n) is 1.47. The lowest BCUT2D eigenvalue weighted by Crippen LogP contribution is -2.12. The highest BCUT2D eigenvalue weighted by atomic mass is 19.1. The fourth-order valence-corrected chi connectivity index (χ4v) is 1.47. The van der Waals surface area contributed by atoms with Gasteiger partial charge in [0.1, 0.15) is 18.1 Å². The van der Waals surface area contributed by atoms with E-state index in [2.05, 4.69) is 5.32 Å². The van der Waals surface area contributed by atoms with Crippen LogP contribution in [0.1, 0.15) is 26.5 Å². The van der Waals surface area contributed by atoms with Crippen molar-refractivity contribution in [3.05, 3.63) is 53.2 Å². The summed E-state index contributed by atoms with van der Waals surface area (Å²) in [6.07, 6.45) is 0.924. The zero-order valence-corrected chi connectivity index (χ0v) is 9.88. The second kappa shape index (κ2) is 5.24. The molecule has 0 atom stereocenters. The van der Waals surface area contributed by atoms with Gasteiger partial charge in [-0.05, 0) is 18.2 Å². The van der Waals surface area contributed by atoms with Crippen LogP contribution in [0.3, 0.4) is 0 Å². The first-order chi connectivity index (χ1) is 9.51. The Morgan fingerprint density at radius 3 is 2.70 bits per heavy atom. The molecule has 2 N–H and O–H groups in total. The summed E-state index contributed by atoms with van der Waals surface area (Å²) in [5, 5.41) is 19.9. The molecule has 0 spiro atoms. The maximum atomic E-state index is 12.9. The summed E-state index contributed by atoms with van der Waals surface area (Å²) in [7, 11) is 0. The van der Waals surface area contributed by atoms with Crippen LogP contribution in [-0.4, -0.2) is 17.0 Å². The van der Waals surface area contributed by atoms with Crippen molar-refractivity contribution in [1.82, 2.24) is 0 Å². The van der Waals surface area contributed by atoms with Gasteiger partial charge in [0.15, 0.2) is 5.76 Å². The zero-order chi connectivity index (χ0) is 14.7. The lowest BCUT2D eigenvalue weighted by Gasteiger charge is -2.04. The van der Waals surface area contributed by atoms with E-state index in [9.17, 15) is 14.0 Å². The van der Waals surface area contributed by atoms with Crippen LogP contribution in [0.2, 0.25) is 0 Å². The standard InChI is InChI=1S/C13H7FN2O4/c14-9-1-2-10(7(3-9)5-15)16-12(17)11-4-8(6-20-11)13(18)19/h1-4,6H,(H,16,17)(H,18,19). The molecule has 0 bridgehead atoms. The minimum absolute atomic E-state index is 0.0524. The van der Waals surface area contributed by atoms with Crippen LogP contribution in [0, 0.1) is 17.1 Å². The molecule has 0 saturated carbocycles. The van der Waals surface area contributed by atoms with Crippen LogP contribution >= 0.6 is 0 Å². The second-order valence-corrected chi connectivity index (χ2v) is 3.76. The number of carboxylic acid groups (broad SMARTS) is 1. The molecule has 1 aromatic carbocycles. The van der Waals surface area contributed by atoms with Crippen molar-refractivity contribution >= 4 is 17.6 Å². The molecule has 20 heavy (non-hydrogen) atoms. The van der Waals surface area contributed by atoms with Crippen LogP contribution in [0.4, 0.5) is 10.1 Å². The van der Waals surface area contributed by atoms with Gasteiger partial charge in [-0.15, -0.1) is 0 Å². The van der Waals surface area contributed by atoms with Crippen LogP contribution < -0.4 is 5.32 Å². The van der Waals surface area contributed by atoms with E-state index in [1.807, 2.05) is 0 Å². The number of nitrogens with zero attached hydrogens (tertiary/aromatic N) is 1. The first-order valence-electron chi connectivity index (χ1n) is 5.34. The molecule has 0 aliphatic carbocycles. The fraction of sp³-hybridized carbons (Fsp3) is 0. The summed E-state index contributed by atoms with van der Waals surface area (Å²) in [6, 6.07) is 6.07. The summed E-state index contributed by atoms with van der Waals surface area (Å²) < 4.78 is 17.7. The van der Waals surface area contributed by atoms with Crippen molar-refractivity contribution in [1.29, 1.82) is 5.26 Å². The molecule has 100 valence electrons. The quantitative estimate of drug-likeness (QED) is 0.893. The van der Waals surface area contributed by atoms with E-state index in [4.69, 9.17) is 14.8 Å². The number of anilines is 1. The molecular weight excluding hydrogens is 267 g/mol. The minimum Gasteiger partial charge on any atom is -0.478 e. The summed E-state index contributed by atoms with van der Waals surface area (Å²) in [5.41, 5.74) is -0.120. The Morgan fingerprint density at radius 1 is 1.35 bits per heavy atom. The van der Waals surface area contributed by atoms with Crippen molar-refractivity contribution in [3.63, 3.8) is 0 Å². The average molecular weight is 274 g/mol. The molecule has 0 radical (unpaired) electrons. The van der Waals surface area contributed by atoms with E-state index in [0.29, 0.717) is 0 Å². The van der Waals surface area contributed by atoms with Gasteiger partial charge < -0.3 is 14.8 Å². The summed E-state index contributed by atoms with van der Waals surface area (Å²) in [6.45, 7) is 0. The SMILES string of the molecule is N#Cc1cc(F)ccc1NC(=O)c1cc(C(=O)O)co1. The Balaban J connectivity index is 2.23. The molecule has 7 heteroatoms. The predicted molar refractivity (Wildman–Crippen MR) is 64.7 cm³/mol. The smallest absolute Gasteiger partial charge is 0.338 e. The summed E-state index contributed by atoms with van der Waals surface area (Å²) in [5.74, 6) is -2.80. The van der Waals surface area contributed by atoms with Crippen molar-refractivity contribution in [3.8, 4) is 6.07 Å². The Kier molecular flexibility index (Phi) is 3.48. The van der Waals surface area contributed by atoms with Crippen LogP contribution in [-0.2, 0) is 0 Å². The van der Waals surface area contributed by atoms with E-state index < -0.39 is 17.7 Å². The van der Waals surface area contributed by atoms with Crippen LogP contribution in [0.15, 0.2) is 34.9 Å². The maximum absolute atomic E-state index is 12.9. The highest BCUT2D eigenvalue weighted by molar-refractivity contribution is 6.04. The van der Waals surface area contributed by atoms with Gasteiger partial charge in [0, 0.05) is 6.07 Å². The number of carbonyl (C=O) groups is 2. The number of halogens is 1. The lowest BCUT2D eigenvalue weighted by atomic mass is 10.2. The monoisotopic (exact) mass is 274 g/mol. The Labute approximate surface area is 112 Å². The molecule has 0 fully saturated rings. The van der Waals surface area contributed by atoms with Gasteiger partial charge >= 0.3 is 5.97 Å². The molecular formula is C13H7FN2O4. The molecule has 0 saturated heterocycles. The van der Waals surface area contributed by atoms with Gasteiger partial charge in [0.2, 0.25) is 0 Å². The topological polar surface area (TPSA) is 103 Å². The average Bonchev–Trinajstić information content (AvgIpc) is 2.90. The van der Waals surface area contributed by atoms with Gasteiger partial charge in [0.25, 0.3) is 5.91 Å². The van der Waals surface area contributed by atoms with E-state index in [0.717, 1.165) is 24.5 Å². The number of rotatable bonds is 3. The number of aromatic carboxylic acids is 1. The first-order valence-corrected chi connectivity index (χ1v) is 5.34. The molecule has 1 aromatic heterocycles. The number of hydrogen-bond acceptors (Lipinski definition) is 4. The van der Waals surface area contributed by atoms with Gasteiger partial charge in [0.05, 0.1) is 16.8 Å². The van der Waals surface area contributed by atoms with E-state index in [-0.39, 0.29) is 22.6 Å². The third kappa shape index (κ3) is 2.64.